The quantitative estimate of drug-likeness (QED) is 0.801. The van der Waals surface area contributed by atoms with Crippen molar-refractivity contribution in [1.29, 1.82) is 5.26 Å². The minimum atomic E-state index is -0.0530. The van der Waals surface area contributed by atoms with Crippen molar-refractivity contribution < 1.29 is 4.79 Å². The summed E-state index contributed by atoms with van der Waals surface area (Å²) < 4.78 is 1.89. The fourth-order valence-electron chi connectivity index (χ4n) is 2.49. The lowest BCUT2D eigenvalue weighted by Crippen LogP contribution is -2.23. The largest absolute Gasteiger partial charge is 0.333 e. The maximum absolute atomic E-state index is 12.2. The van der Waals surface area contributed by atoms with Gasteiger partial charge in [-0.2, -0.15) is 5.26 Å². The van der Waals surface area contributed by atoms with Crippen LogP contribution in [0.2, 0.25) is 0 Å². The van der Waals surface area contributed by atoms with Crippen LogP contribution < -0.4 is 0 Å². The number of rotatable bonds is 2. The van der Waals surface area contributed by atoms with E-state index in [2.05, 4.69) is 11.1 Å². The van der Waals surface area contributed by atoms with E-state index in [-0.39, 0.29) is 12.5 Å². The summed E-state index contributed by atoms with van der Waals surface area (Å²) in [6, 6.07) is 10.0. The minimum absolute atomic E-state index is 0.0530. The molecule has 0 saturated carbocycles. The van der Waals surface area contributed by atoms with Gasteiger partial charge in [0.15, 0.2) is 5.17 Å². The van der Waals surface area contributed by atoms with Crippen LogP contribution in [-0.4, -0.2) is 34.6 Å². The zero-order valence-electron chi connectivity index (χ0n) is 12.3. The molecule has 0 aliphatic carbocycles. The molecule has 0 radical (unpaired) electrons. The lowest BCUT2D eigenvalue weighted by molar-refractivity contribution is -0.121. The third-order valence-electron chi connectivity index (χ3n) is 3.54. The van der Waals surface area contributed by atoms with Gasteiger partial charge in [0.25, 0.3) is 5.91 Å². The first-order valence-electron chi connectivity index (χ1n) is 6.75. The van der Waals surface area contributed by atoms with Gasteiger partial charge in [0.1, 0.15) is 6.54 Å². The molecule has 1 aromatic heterocycles. The molecule has 110 valence electrons. The molecule has 0 atom stereocenters. The summed E-state index contributed by atoms with van der Waals surface area (Å²) in [6.07, 6.45) is 3.79. The van der Waals surface area contributed by atoms with Crippen molar-refractivity contribution in [1.82, 2.24) is 9.47 Å². The third kappa shape index (κ3) is 2.30. The summed E-state index contributed by atoms with van der Waals surface area (Å²) in [5.41, 5.74) is 1.93. The van der Waals surface area contributed by atoms with E-state index in [1.165, 1.54) is 11.8 Å². The van der Waals surface area contributed by atoms with Crippen LogP contribution in [0.1, 0.15) is 5.56 Å². The highest BCUT2D eigenvalue weighted by atomic mass is 32.2. The Morgan fingerprint density at radius 3 is 2.86 bits per heavy atom. The number of hydrogen-bond acceptors (Lipinski definition) is 4. The van der Waals surface area contributed by atoms with Crippen molar-refractivity contribution in [2.24, 2.45) is 4.99 Å². The van der Waals surface area contributed by atoms with Gasteiger partial charge in [-0.05, 0) is 23.9 Å². The number of carbonyl (C=O) groups is 1. The number of likely N-dealkylation sites (N-methyl/N-ethyl adjacent to an activating group) is 1. The molecule has 0 N–H and O–H groups in total. The summed E-state index contributed by atoms with van der Waals surface area (Å²) in [6.45, 7) is 0.284. The van der Waals surface area contributed by atoms with Crippen LogP contribution in [0.5, 0.6) is 0 Å². The van der Waals surface area contributed by atoms with E-state index in [1.54, 1.807) is 19.0 Å². The van der Waals surface area contributed by atoms with Crippen LogP contribution in [0.3, 0.4) is 0 Å². The Morgan fingerprint density at radius 1 is 1.41 bits per heavy atom. The number of benzene rings is 1. The summed E-state index contributed by atoms with van der Waals surface area (Å²) in [5.74, 6) is -0.0530. The Bertz CT molecular complexity index is 857. The lowest BCUT2D eigenvalue weighted by Gasteiger charge is -2.04. The standard InChI is InChI=1S/C16H14N4OS/c1-18-16-19(2)15(21)14(22-16)9-11-10-20(8-7-17)13-6-4-3-5-12(11)13/h3-6,9-10H,8H2,1-2H3/b14-9-,18-16?. The molecule has 0 spiro atoms. The van der Waals surface area contributed by atoms with E-state index in [0.717, 1.165) is 16.5 Å². The minimum Gasteiger partial charge on any atom is -0.333 e. The summed E-state index contributed by atoms with van der Waals surface area (Å²) in [7, 11) is 3.39. The first kappa shape index (κ1) is 14.4. The van der Waals surface area contributed by atoms with Gasteiger partial charge in [-0.25, -0.2) is 0 Å². The number of carbonyl (C=O) groups excluding carboxylic acids is 1. The molecule has 3 rings (SSSR count). The number of nitrogens with zero attached hydrogens (tertiary/aromatic N) is 4. The number of amides is 1. The number of fused-ring (bicyclic) bond motifs is 1. The van der Waals surface area contributed by atoms with E-state index >= 15 is 0 Å². The molecular weight excluding hydrogens is 296 g/mol. The van der Waals surface area contributed by atoms with Gasteiger partial charge >= 0.3 is 0 Å². The fourth-order valence-corrected chi connectivity index (χ4v) is 3.41. The maximum atomic E-state index is 12.2. The van der Waals surface area contributed by atoms with E-state index in [9.17, 15) is 4.79 Å². The normalized spacial score (nSPS) is 18.6. The van der Waals surface area contributed by atoms with Gasteiger partial charge in [-0.1, -0.05) is 18.2 Å². The molecule has 2 aromatic rings. The predicted molar refractivity (Wildman–Crippen MR) is 89.2 cm³/mol. The van der Waals surface area contributed by atoms with Gasteiger partial charge in [0.2, 0.25) is 0 Å². The Morgan fingerprint density at radius 2 is 2.18 bits per heavy atom. The molecule has 1 aromatic carbocycles. The van der Waals surface area contributed by atoms with Gasteiger partial charge in [-0.3, -0.25) is 14.7 Å². The van der Waals surface area contributed by atoms with Gasteiger partial charge in [-0.15, -0.1) is 0 Å². The number of nitriles is 1. The second-order valence-corrected chi connectivity index (χ2v) is 5.88. The molecule has 5 nitrogen and oxygen atoms in total. The van der Waals surface area contributed by atoms with Crippen molar-refractivity contribution >= 4 is 39.8 Å². The molecule has 22 heavy (non-hydrogen) atoms. The first-order chi connectivity index (χ1) is 10.7. The molecule has 1 fully saturated rings. The first-order valence-corrected chi connectivity index (χ1v) is 7.56. The number of para-hydroxylation sites is 1. The zero-order valence-corrected chi connectivity index (χ0v) is 13.1. The van der Waals surface area contributed by atoms with Crippen molar-refractivity contribution in [3.63, 3.8) is 0 Å². The van der Waals surface area contributed by atoms with Crippen molar-refractivity contribution in [2.75, 3.05) is 14.1 Å². The number of aliphatic imine (C=N–C) groups is 1. The number of thioether (sulfide) groups is 1. The summed E-state index contributed by atoms with van der Waals surface area (Å²) in [5, 5.41) is 10.7. The Hall–Kier alpha value is -2.52. The molecule has 1 aliphatic rings. The SMILES string of the molecule is CN=C1S/C(=C\c2cn(CC#N)c3ccccc23)C(=O)N1C. The molecule has 1 saturated heterocycles. The lowest BCUT2D eigenvalue weighted by atomic mass is 10.1. The van der Waals surface area contributed by atoms with Gasteiger partial charge < -0.3 is 4.57 Å². The molecule has 0 bridgehead atoms. The van der Waals surface area contributed by atoms with Crippen LogP contribution >= 0.6 is 11.8 Å². The summed E-state index contributed by atoms with van der Waals surface area (Å²) >= 11 is 1.37. The topological polar surface area (TPSA) is 61.4 Å². The molecule has 0 unspecified atom stereocenters. The molecule has 1 aliphatic heterocycles. The highest BCUT2D eigenvalue weighted by molar-refractivity contribution is 8.18. The van der Waals surface area contributed by atoms with Crippen LogP contribution in [0, 0.1) is 11.3 Å². The summed E-state index contributed by atoms with van der Waals surface area (Å²) in [4.78, 5) is 18.5. The highest BCUT2D eigenvalue weighted by Crippen LogP contribution is 2.33. The molecule has 1 amide bonds. The van der Waals surface area contributed by atoms with Crippen LogP contribution in [-0.2, 0) is 11.3 Å². The maximum Gasteiger partial charge on any atom is 0.266 e. The van der Waals surface area contributed by atoms with Crippen molar-refractivity contribution in [3.8, 4) is 6.07 Å². The third-order valence-corrected chi connectivity index (χ3v) is 4.69. The number of aromatic nitrogens is 1. The second-order valence-electron chi connectivity index (χ2n) is 4.87. The molecular formula is C16H14N4OS. The molecule has 6 heteroatoms. The zero-order chi connectivity index (χ0) is 15.7. The van der Waals surface area contributed by atoms with Gasteiger partial charge in [0, 0.05) is 36.8 Å². The predicted octanol–water partition coefficient (Wildman–Crippen LogP) is 2.70. The fraction of sp³-hybridized carbons (Fsp3) is 0.188. The second kappa shape index (κ2) is 5.70. The number of hydrogen-bond donors (Lipinski definition) is 0. The Kier molecular flexibility index (Phi) is 3.73. The van der Waals surface area contributed by atoms with Crippen LogP contribution in [0.25, 0.3) is 17.0 Å². The highest BCUT2D eigenvalue weighted by Gasteiger charge is 2.29. The van der Waals surface area contributed by atoms with Crippen molar-refractivity contribution in [3.05, 3.63) is 40.9 Å². The Labute approximate surface area is 132 Å². The smallest absolute Gasteiger partial charge is 0.266 e. The van der Waals surface area contributed by atoms with Crippen LogP contribution in [0.4, 0.5) is 0 Å². The van der Waals surface area contributed by atoms with Crippen molar-refractivity contribution in [2.45, 2.75) is 6.54 Å². The van der Waals surface area contributed by atoms with E-state index < -0.39 is 0 Å². The molecule has 2 heterocycles. The van der Waals surface area contributed by atoms with Crippen LogP contribution in [0.15, 0.2) is 40.4 Å². The monoisotopic (exact) mass is 310 g/mol. The average Bonchev–Trinajstić information content (AvgIpc) is 3.01. The Balaban J connectivity index is 2.10. The van der Waals surface area contributed by atoms with E-state index in [1.807, 2.05) is 41.1 Å². The van der Waals surface area contributed by atoms with Gasteiger partial charge in [0.05, 0.1) is 11.0 Å². The van der Waals surface area contributed by atoms with E-state index in [4.69, 9.17) is 5.26 Å². The number of amidine groups is 1. The van der Waals surface area contributed by atoms with E-state index in [0.29, 0.717) is 10.1 Å². The average molecular weight is 310 g/mol.